The van der Waals surface area contributed by atoms with E-state index in [0.717, 1.165) is 29.0 Å². The van der Waals surface area contributed by atoms with Crippen LogP contribution in [0.4, 0.5) is 0 Å². The Morgan fingerprint density at radius 2 is 2.17 bits per heavy atom. The Bertz CT molecular complexity index is 342. The highest BCUT2D eigenvalue weighted by atomic mass is 35.5. The van der Waals surface area contributed by atoms with Gasteiger partial charge in [0, 0.05) is 10.6 Å². The number of allylic oxidation sites excluding steroid dienone is 1. The number of phenolic OH excluding ortho intramolecular Hbond substituents is 1. The fourth-order valence-corrected chi connectivity index (χ4v) is 1.74. The topological polar surface area (TPSA) is 20.2 Å². The van der Waals surface area contributed by atoms with E-state index in [9.17, 15) is 5.11 Å². The van der Waals surface area contributed by atoms with Crippen LogP contribution in [0.2, 0.25) is 5.02 Å². The van der Waals surface area contributed by atoms with E-state index in [4.69, 9.17) is 11.6 Å². The van der Waals surface area contributed by atoms with Crippen LogP contribution in [-0.2, 0) is 6.42 Å². The first-order valence-electron chi connectivity index (χ1n) is 3.96. The number of rotatable bonds is 0. The van der Waals surface area contributed by atoms with Crippen LogP contribution in [0.1, 0.15) is 17.5 Å². The molecule has 0 amide bonds. The van der Waals surface area contributed by atoms with Gasteiger partial charge in [0.15, 0.2) is 0 Å². The van der Waals surface area contributed by atoms with Crippen molar-refractivity contribution in [2.45, 2.75) is 12.8 Å². The number of hydrogen-bond acceptors (Lipinski definition) is 1. The first kappa shape index (κ1) is 7.69. The van der Waals surface area contributed by atoms with Crippen molar-refractivity contribution in [3.8, 4) is 5.75 Å². The molecule has 0 heterocycles. The van der Waals surface area contributed by atoms with Gasteiger partial charge in [-0.15, -0.1) is 0 Å². The van der Waals surface area contributed by atoms with Crippen molar-refractivity contribution in [3.05, 3.63) is 34.4 Å². The molecule has 1 N–H and O–H groups in total. The molecular weight excluding hydrogens is 172 g/mol. The molecular formula is C10H9ClO. The van der Waals surface area contributed by atoms with Crippen molar-refractivity contribution in [2.24, 2.45) is 0 Å². The van der Waals surface area contributed by atoms with Gasteiger partial charge in [-0.05, 0) is 30.5 Å². The minimum atomic E-state index is 0.360. The molecule has 1 aromatic carbocycles. The summed E-state index contributed by atoms with van der Waals surface area (Å²) in [4.78, 5) is 0. The smallest absolute Gasteiger partial charge is 0.119 e. The Hall–Kier alpha value is -0.950. The van der Waals surface area contributed by atoms with Gasteiger partial charge in [0.1, 0.15) is 5.75 Å². The molecule has 2 heteroatoms. The van der Waals surface area contributed by atoms with Gasteiger partial charge in [-0.25, -0.2) is 0 Å². The first-order valence-corrected chi connectivity index (χ1v) is 4.34. The van der Waals surface area contributed by atoms with E-state index in [1.54, 1.807) is 12.1 Å². The van der Waals surface area contributed by atoms with E-state index >= 15 is 0 Å². The van der Waals surface area contributed by atoms with Crippen LogP contribution < -0.4 is 0 Å². The third-order valence-electron chi connectivity index (χ3n) is 2.12. The lowest BCUT2D eigenvalue weighted by Crippen LogP contribution is -1.94. The second-order valence-corrected chi connectivity index (χ2v) is 3.31. The molecule has 0 atom stereocenters. The molecule has 1 nitrogen and oxygen atoms in total. The quantitative estimate of drug-likeness (QED) is 0.651. The standard InChI is InChI=1S/C10H9ClO/c11-9-5-6-10(12)8-4-2-1-3-7(8)9/h1,3,5-6,12H,2,4H2. The number of phenols is 1. The summed E-state index contributed by atoms with van der Waals surface area (Å²) in [5.74, 6) is 0.360. The molecule has 0 spiro atoms. The second kappa shape index (κ2) is 2.83. The largest absolute Gasteiger partial charge is 0.508 e. The number of benzene rings is 1. The number of aromatic hydroxyl groups is 1. The third kappa shape index (κ3) is 1.10. The predicted molar refractivity (Wildman–Crippen MR) is 50.5 cm³/mol. The van der Waals surface area contributed by atoms with Crippen molar-refractivity contribution in [3.63, 3.8) is 0 Å². The summed E-state index contributed by atoms with van der Waals surface area (Å²) in [6, 6.07) is 3.38. The third-order valence-corrected chi connectivity index (χ3v) is 2.45. The van der Waals surface area contributed by atoms with E-state index in [0.29, 0.717) is 5.75 Å². The summed E-state index contributed by atoms with van der Waals surface area (Å²) in [6.45, 7) is 0. The number of halogens is 1. The Balaban J connectivity index is 2.67. The van der Waals surface area contributed by atoms with Gasteiger partial charge in [0.05, 0.1) is 0 Å². The van der Waals surface area contributed by atoms with Crippen LogP contribution in [0, 0.1) is 0 Å². The molecule has 1 aromatic rings. The fourth-order valence-electron chi connectivity index (χ4n) is 1.50. The highest BCUT2D eigenvalue weighted by Gasteiger charge is 2.11. The molecule has 0 aliphatic heterocycles. The molecule has 0 saturated carbocycles. The summed E-state index contributed by atoms with van der Waals surface area (Å²) in [6.07, 6.45) is 5.92. The minimum absolute atomic E-state index is 0.360. The van der Waals surface area contributed by atoms with Gasteiger partial charge in [-0.2, -0.15) is 0 Å². The molecule has 62 valence electrons. The van der Waals surface area contributed by atoms with E-state index in [2.05, 4.69) is 6.08 Å². The van der Waals surface area contributed by atoms with Gasteiger partial charge in [-0.3, -0.25) is 0 Å². The van der Waals surface area contributed by atoms with Gasteiger partial charge in [0.2, 0.25) is 0 Å². The monoisotopic (exact) mass is 180 g/mol. The first-order chi connectivity index (χ1) is 5.79. The minimum Gasteiger partial charge on any atom is -0.508 e. The Labute approximate surface area is 76.3 Å². The van der Waals surface area contributed by atoms with Crippen LogP contribution >= 0.6 is 11.6 Å². The molecule has 2 rings (SSSR count). The van der Waals surface area contributed by atoms with Crippen LogP contribution in [0.3, 0.4) is 0 Å². The average Bonchev–Trinajstić information content (AvgIpc) is 2.12. The Morgan fingerprint density at radius 3 is 2.92 bits per heavy atom. The van der Waals surface area contributed by atoms with Crippen molar-refractivity contribution in [1.82, 2.24) is 0 Å². The van der Waals surface area contributed by atoms with E-state index in [1.807, 2.05) is 6.08 Å². The van der Waals surface area contributed by atoms with Crippen molar-refractivity contribution in [2.75, 3.05) is 0 Å². The van der Waals surface area contributed by atoms with Gasteiger partial charge < -0.3 is 5.11 Å². The number of hydrogen-bond donors (Lipinski definition) is 1. The maximum atomic E-state index is 9.49. The highest BCUT2D eigenvalue weighted by Crippen LogP contribution is 2.32. The number of fused-ring (bicyclic) bond motifs is 1. The van der Waals surface area contributed by atoms with E-state index in [-0.39, 0.29) is 0 Å². The molecule has 0 aromatic heterocycles. The molecule has 0 fully saturated rings. The summed E-state index contributed by atoms with van der Waals surface area (Å²) in [5, 5.41) is 10.2. The maximum absolute atomic E-state index is 9.49. The second-order valence-electron chi connectivity index (χ2n) is 2.90. The van der Waals surface area contributed by atoms with Crippen molar-refractivity contribution >= 4 is 17.7 Å². The van der Waals surface area contributed by atoms with Crippen LogP contribution in [0.25, 0.3) is 6.08 Å². The Kier molecular flexibility index (Phi) is 1.81. The molecule has 0 bridgehead atoms. The summed E-state index contributed by atoms with van der Waals surface area (Å²) >= 11 is 5.95. The SMILES string of the molecule is Oc1ccc(Cl)c2c1CCC=C2. The predicted octanol–water partition coefficient (Wildman–Crippen LogP) is 3.01. The fraction of sp³-hybridized carbons (Fsp3) is 0.200. The van der Waals surface area contributed by atoms with E-state index < -0.39 is 0 Å². The maximum Gasteiger partial charge on any atom is 0.119 e. The summed E-state index contributed by atoms with van der Waals surface area (Å²) < 4.78 is 0. The molecule has 0 unspecified atom stereocenters. The molecule has 1 aliphatic rings. The molecule has 0 radical (unpaired) electrons. The lowest BCUT2D eigenvalue weighted by Gasteiger charge is -2.12. The summed E-state index contributed by atoms with van der Waals surface area (Å²) in [5.41, 5.74) is 1.95. The zero-order chi connectivity index (χ0) is 8.55. The van der Waals surface area contributed by atoms with Crippen molar-refractivity contribution in [1.29, 1.82) is 0 Å². The van der Waals surface area contributed by atoms with Gasteiger partial charge in [-0.1, -0.05) is 23.8 Å². The molecule has 0 saturated heterocycles. The lowest BCUT2D eigenvalue weighted by molar-refractivity contribution is 0.467. The molecule has 1 aliphatic carbocycles. The van der Waals surface area contributed by atoms with E-state index in [1.165, 1.54) is 0 Å². The molecule has 12 heavy (non-hydrogen) atoms. The van der Waals surface area contributed by atoms with Crippen LogP contribution in [-0.4, -0.2) is 5.11 Å². The zero-order valence-corrected chi connectivity index (χ0v) is 7.30. The highest BCUT2D eigenvalue weighted by molar-refractivity contribution is 6.32. The Morgan fingerprint density at radius 1 is 1.33 bits per heavy atom. The van der Waals surface area contributed by atoms with Gasteiger partial charge in [0.25, 0.3) is 0 Å². The zero-order valence-electron chi connectivity index (χ0n) is 6.55. The van der Waals surface area contributed by atoms with Crippen LogP contribution in [0.5, 0.6) is 5.75 Å². The van der Waals surface area contributed by atoms with Crippen LogP contribution in [0.15, 0.2) is 18.2 Å². The van der Waals surface area contributed by atoms with Crippen molar-refractivity contribution < 1.29 is 5.11 Å². The average molecular weight is 181 g/mol. The van der Waals surface area contributed by atoms with Gasteiger partial charge >= 0.3 is 0 Å². The lowest BCUT2D eigenvalue weighted by atomic mass is 9.96. The summed E-state index contributed by atoms with van der Waals surface area (Å²) in [7, 11) is 0. The normalized spacial score (nSPS) is 14.4.